The van der Waals surface area contributed by atoms with Crippen molar-refractivity contribution >= 4 is 49.1 Å². The van der Waals surface area contributed by atoms with Crippen LogP contribution in [0.3, 0.4) is 0 Å². The molecule has 3 rings (SSSR count). The number of halogens is 1. The molecule has 29 heavy (non-hydrogen) atoms. The van der Waals surface area contributed by atoms with Crippen LogP contribution in [0.15, 0.2) is 56.7 Å². The molecule has 0 saturated carbocycles. The van der Waals surface area contributed by atoms with Crippen LogP contribution in [0, 0.1) is 0 Å². The van der Waals surface area contributed by atoms with Crippen LogP contribution < -0.4 is 9.62 Å². The summed E-state index contributed by atoms with van der Waals surface area (Å²) in [6.45, 7) is 8.89. The molecule has 0 aromatic heterocycles. The Morgan fingerprint density at radius 3 is 2.55 bits per heavy atom. The first-order chi connectivity index (χ1) is 14.0. The molecular weight excluding hydrogens is 470 g/mol. The Labute approximate surface area is 187 Å². The van der Waals surface area contributed by atoms with Gasteiger partial charge in [0.15, 0.2) is 0 Å². The lowest BCUT2D eigenvalue weighted by Gasteiger charge is -2.30. The van der Waals surface area contributed by atoms with E-state index in [1.54, 1.807) is 40.3 Å². The Morgan fingerprint density at radius 1 is 1.14 bits per heavy atom. The van der Waals surface area contributed by atoms with Gasteiger partial charge in [0, 0.05) is 33.9 Å². The van der Waals surface area contributed by atoms with Gasteiger partial charge in [-0.05, 0) is 68.5 Å². The molecule has 0 spiro atoms. The lowest BCUT2D eigenvalue weighted by Crippen LogP contribution is -2.35. The molecule has 1 N–H and O–H groups in total. The Balaban J connectivity index is 1.76. The monoisotopic (exact) mass is 497 g/mol. The zero-order chi connectivity index (χ0) is 20.9. The van der Waals surface area contributed by atoms with Crippen molar-refractivity contribution in [2.45, 2.75) is 30.1 Å². The average molecular weight is 499 g/mol. The van der Waals surface area contributed by atoms with Gasteiger partial charge in [0.25, 0.3) is 10.0 Å². The van der Waals surface area contributed by atoms with Crippen molar-refractivity contribution in [2.75, 3.05) is 48.1 Å². The van der Waals surface area contributed by atoms with Crippen LogP contribution in [0.4, 0.5) is 11.4 Å². The highest BCUT2D eigenvalue weighted by atomic mass is 79.9. The highest BCUT2D eigenvalue weighted by Crippen LogP contribution is 2.39. The molecule has 8 heteroatoms. The molecular formula is C21H28BrN3O2S2. The molecule has 1 heterocycles. The molecule has 0 aliphatic carbocycles. The Kier molecular flexibility index (Phi) is 7.90. The van der Waals surface area contributed by atoms with Gasteiger partial charge in [-0.2, -0.15) is 0 Å². The van der Waals surface area contributed by atoms with Gasteiger partial charge in [-0.1, -0.05) is 29.8 Å². The van der Waals surface area contributed by atoms with Gasteiger partial charge < -0.3 is 10.2 Å². The summed E-state index contributed by atoms with van der Waals surface area (Å²) in [6, 6.07) is 12.9. The number of nitrogens with one attached hydrogen (secondary N) is 1. The van der Waals surface area contributed by atoms with E-state index in [4.69, 9.17) is 0 Å². The normalized spacial score (nSPS) is 14.1. The van der Waals surface area contributed by atoms with Crippen molar-refractivity contribution in [3.05, 3.63) is 46.9 Å². The number of anilines is 2. The van der Waals surface area contributed by atoms with Crippen molar-refractivity contribution in [1.29, 1.82) is 0 Å². The number of hydrogen-bond acceptors (Lipinski definition) is 5. The van der Waals surface area contributed by atoms with Crippen molar-refractivity contribution < 1.29 is 8.42 Å². The fourth-order valence-electron chi connectivity index (χ4n) is 3.36. The third kappa shape index (κ3) is 5.48. The average Bonchev–Trinajstić information content (AvgIpc) is 2.73. The molecule has 5 nitrogen and oxygen atoms in total. The van der Waals surface area contributed by atoms with Gasteiger partial charge in [-0.15, -0.1) is 11.8 Å². The molecule has 2 aromatic carbocycles. The maximum atomic E-state index is 13.2. The van der Waals surface area contributed by atoms with Gasteiger partial charge >= 0.3 is 0 Å². The first-order valence-electron chi connectivity index (χ1n) is 9.97. The molecule has 158 valence electrons. The first-order valence-corrected chi connectivity index (χ1v) is 13.2. The van der Waals surface area contributed by atoms with Crippen LogP contribution in [-0.2, 0) is 10.0 Å². The largest absolute Gasteiger partial charge is 0.385 e. The van der Waals surface area contributed by atoms with Gasteiger partial charge in [-0.25, -0.2) is 8.42 Å². The Bertz CT molecular complexity index is 916. The molecule has 0 atom stereocenters. The molecule has 0 bridgehead atoms. The second kappa shape index (κ2) is 10.2. The van der Waals surface area contributed by atoms with Crippen molar-refractivity contribution in [3.8, 4) is 0 Å². The smallest absolute Gasteiger partial charge is 0.264 e. The van der Waals surface area contributed by atoms with Crippen molar-refractivity contribution in [2.24, 2.45) is 0 Å². The van der Waals surface area contributed by atoms with E-state index in [2.05, 4.69) is 40.0 Å². The Morgan fingerprint density at radius 2 is 1.86 bits per heavy atom. The number of benzene rings is 2. The fourth-order valence-corrected chi connectivity index (χ4v) is 6.25. The van der Waals surface area contributed by atoms with Crippen LogP contribution in [-0.4, -0.2) is 51.8 Å². The number of fused-ring (bicyclic) bond motifs is 1. The molecule has 0 amide bonds. The minimum atomic E-state index is -3.59. The predicted molar refractivity (Wildman–Crippen MR) is 127 cm³/mol. The summed E-state index contributed by atoms with van der Waals surface area (Å²) in [5, 5.41) is 3.45. The summed E-state index contributed by atoms with van der Waals surface area (Å²) in [7, 11) is -3.59. The summed E-state index contributed by atoms with van der Waals surface area (Å²) in [5.74, 6) is 0.749. The van der Waals surface area contributed by atoms with Gasteiger partial charge in [-0.3, -0.25) is 4.31 Å². The number of hydrogen-bond donors (Lipinski definition) is 1. The SMILES string of the molecule is CCN(CC)CCCNc1ccc2c(c1)N(S(=O)(=O)c1ccc(Br)cc1)CCS2. The van der Waals surface area contributed by atoms with E-state index in [1.807, 2.05) is 18.2 Å². The summed E-state index contributed by atoms with van der Waals surface area (Å²) in [4.78, 5) is 3.72. The van der Waals surface area contributed by atoms with Crippen molar-refractivity contribution in [1.82, 2.24) is 4.90 Å². The quantitative estimate of drug-likeness (QED) is 0.499. The molecule has 1 aliphatic rings. The highest BCUT2D eigenvalue weighted by molar-refractivity contribution is 9.10. The summed E-state index contributed by atoms with van der Waals surface area (Å²) < 4.78 is 28.9. The molecule has 0 saturated heterocycles. The standard InChI is InChI=1S/C21H28BrN3O2S2/c1-3-24(4-2)13-5-12-23-18-8-11-21-20(16-18)25(14-15-28-21)29(26,27)19-9-6-17(22)7-10-19/h6-11,16,23H,3-5,12-15H2,1-2H3. The second-order valence-corrected chi connectivity index (χ2v) is 10.8. The minimum absolute atomic E-state index is 0.316. The van der Waals surface area contributed by atoms with Gasteiger partial charge in [0.05, 0.1) is 10.6 Å². The van der Waals surface area contributed by atoms with E-state index in [1.165, 1.54) is 0 Å². The summed E-state index contributed by atoms with van der Waals surface area (Å²) in [5.41, 5.74) is 1.72. The number of nitrogens with zero attached hydrogens (tertiary/aromatic N) is 2. The van der Waals surface area contributed by atoms with E-state index >= 15 is 0 Å². The summed E-state index contributed by atoms with van der Waals surface area (Å²) in [6.07, 6.45) is 1.05. The molecule has 1 aliphatic heterocycles. The number of rotatable bonds is 9. The Hall–Kier alpha value is -1.22. The summed E-state index contributed by atoms with van der Waals surface area (Å²) >= 11 is 5.07. The minimum Gasteiger partial charge on any atom is -0.385 e. The molecule has 2 aromatic rings. The first kappa shape index (κ1) is 22.5. The lowest BCUT2D eigenvalue weighted by atomic mass is 10.2. The van der Waals surface area contributed by atoms with Crippen LogP contribution in [0.5, 0.6) is 0 Å². The molecule has 0 radical (unpaired) electrons. The third-order valence-electron chi connectivity index (χ3n) is 5.06. The third-order valence-corrected chi connectivity index (χ3v) is 8.45. The van der Waals surface area contributed by atoms with Gasteiger partial charge in [0.1, 0.15) is 0 Å². The second-order valence-electron chi connectivity index (χ2n) is 6.87. The van der Waals surface area contributed by atoms with Crippen LogP contribution in [0.1, 0.15) is 20.3 Å². The van der Waals surface area contributed by atoms with Crippen LogP contribution >= 0.6 is 27.7 Å². The van der Waals surface area contributed by atoms with E-state index in [0.717, 1.165) is 59.1 Å². The maximum absolute atomic E-state index is 13.2. The molecule has 0 unspecified atom stereocenters. The fraction of sp³-hybridized carbons (Fsp3) is 0.429. The number of sulfonamides is 1. The van der Waals surface area contributed by atoms with E-state index in [-0.39, 0.29) is 0 Å². The van der Waals surface area contributed by atoms with E-state index in [0.29, 0.717) is 11.4 Å². The van der Waals surface area contributed by atoms with E-state index in [9.17, 15) is 8.42 Å². The lowest BCUT2D eigenvalue weighted by molar-refractivity contribution is 0.303. The van der Waals surface area contributed by atoms with Crippen molar-refractivity contribution in [3.63, 3.8) is 0 Å². The zero-order valence-electron chi connectivity index (χ0n) is 16.9. The topological polar surface area (TPSA) is 52.6 Å². The predicted octanol–water partition coefficient (Wildman–Crippen LogP) is 4.89. The number of thioether (sulfide) groups is 1. The van der Waals surface area contributed by atoms with Crippen LogP contribution in [0.25, 0.3) is 0 Å². The van der Waals surface area contributed by atoms with E-state index < -0.39 is 10.0 Å². The highest BCUT2D eigenvalue weighted by Gasteiger charge is 2.29. The van der Waals surface area contributed by atoms with Crippen LogP contribution in [0.2, 0.25) is 0 Å². The maximum Gasteiger partial charge on any atom is 0.264 e. The van der Waals surface area contributed by atoms with Gasteiger partial charge in [0.2, 0.25) is 0 Å². The zero-order valence-corrected chi connectivity index (χ0v) is 20.1. The molecule has 0 fully saturated rings.